The van der Waals surface area contributed by atoms with Crippen LogP contribution in [0.15, 0.2) is 48.5 Å². The Balaban J connectivity index is 0.00000204. The molecule has 3 N–H and O–H groups in total. The third kappa shape index (κ3) is 7.86. The summed E-state index contributed by atoms with van der Waals surface area (Å²) in [6, 6.07) is 15.5. The lowest BCUT2D eigenvalue weighted by Crippen LogP contribution is -2.21. The van der Waals surface area contributed by atoms with E-state index in [1.165, 1.54) is 0 Å². The number of ether oxygens (including phenoxy) is 2. The minimum Gasteiger partial charge on any atom is -0.491 e. The second-order valence-corrected chi connectivity index (χ2v) is 7.25. The summed E-state index contributed by atoms with van der Waals surface area (Å²) in [6.07, 6.45) is -1.56. The average Bonchev–Trinajstić information content (AvgIpc) is 2.77. The molecule has 2 aromatic rings. The molecule has 0 spiro atoms. The first-order chi connectivity index (χ1) is 13.9. The highest BCUT2D eigenvalue weighted by Crippen LogP contribution is 2.33. The Hall–Kier alpha value is -1.79. The van der Waals surface area contributed by atoms with Crippen LogP contribution in [0, 0.1) is 0 Å². The van der Waals surface area contributed by atoms with Gasteiger partial charge in [0.25, 0.3) is 0 Å². The van der Waals surface area contributed by atoms with E-state index in [1.807, 2.05) is 62.4 Å². The van der Waals surface area contributed by atoms with Gasteiger partial charge in [0.2, 0.25) is 0 Å². The SMILES string of the molecule is CC.CC(C)(c1ccc(OCC(O)CO)cc1)c1ccc(OCC(O)CCl)cc1. The van der Waals surface area contributed by atoms with Crippen molar-refractivity contribution in [2.24, 2.45) is 0 Å². The fourth-order valence-electron chi connectivity index (χ4n) is 2.58. The van der Waals surface area contributed by atoms with Crippen LogP contribution < -0.4 is 9.47 Å². The van der Waals surface area contributed by atoms with Gasteiger partial charge in [0.05, 0.1) is 12.5 Å². The van der Waals surface area contributed by atoms with Crippen molar-refractivity contribution in [3.05, 3.63) is 59.7 Å². The van der Waals surface area contributed by atoms with Crippen molar-refractivity contribution in [3.8, 4) is 11.5 Å². The monoisotopic (exact) mass is 424 g/mol. The molecule has 0 aliphatic heterocycles. The predicted octanol–water partition coefficient (Wildman–Crippen LogP) is 3.75. The van der Waals surface area contributed by atoms with Crippen LogP contribution in [0.3, 0.4) is 0 Å². The summed E-state index contributed by atoms with van der Waals surface area (Å²) < 4.78 is 11.0. The van der Waals surface area contributed by atoms with Gasteiger partial charge in [-0.3, -0.25) is 0 Å². The summed E-state index contributed by atoms with van der Waals surface area (Å²) >= 11 is 5.56. The van der Waals surface area contributed by atoms with Crippen molar-refractivity contribution >= 4 is 11.6 Å². The minimum absolute atomic E-state index is 0.0547. The summed E-state index contributed by atoms with van der Waals surface area (Å²) in [7, 11) is 0. The molecule has 0 saturated carbocycles. The van der Waals surface area contributed by atoms with Gasteiger partial charge in [0.1, 0.15) is 36.9 Å². The van der Waals surface area contributed by atoms with E-state index in [2.05, 4.69) is 13.8 Å². The van der Waals surface area contributed by atoms with Gasteiger partial charge in [-0.1, -0.05) is 52.0 Å². The number of hydrogen-bond acceptors (Lipinski definition) is 5. The van der Waals surface area contributed by atoms with E-state index in [9.17, 15) is 10.2 Å². The third-order valence-electron chi connectivity index (χ3n) is 4.43. The van der Waals surface area contributed by atoms with Crippen LogP contribution in [-0.2, 0) is 5.41 Å². The highest BCUT2D eigenvalue weighted by molar-refractivity contribution is 6.18. The fraction of sp³-hybridized carbons (Fsp3) is 0.478. The molecule has 0 heterocycles. The number of rotatable bonds is 10. The molecule has 0 aliphatic carbocycles. The smallest absolute Gasteiger partial charge is 0.119 e. The van der Waals surface area contributed by atoms with Crippen molar-refractivity contribution in [2.75, 3.05) is 25.7 Å². The summed E-state index contributed by atoms with van der Waals surface area (Å²) in [5.74, 6) is 1.47. The largest absolute Gasteiger partial charge is 0.491 e. The van der Waals surface area contributed by atoms with Gasteiger partial charge in [-0.2, -0.15) is 0 Å². The molecule has 5 nitrogen and oxygen atoms in total. The van der Waals surface area contributed by atoms with Crippen LogP contribution >= 0.6 is 11.6 Å². The van der Waals surface area contributed by atoms with Gasteiger partial charge in [-0.15, -0.1) is 11.6 Å². The quantitative estimate of drug-likeness (QED) is 0.506. The van der Waals surface area contributed by atoms with E-state index in [4.69, 9.17) is 26.2 Å². The van der Waals surface area contributed by atoms with Gasteiger partial charge in [-0.05, 0) is 35.4 Å². The van der Waals surface area contributed by atoms with Gasteiger partial charge < -0.3 is 24.8 Å². The highest BCUT2D eigenvalue weighted by atomic mass is 35.5. The topological polar surface area (TPSA) is 79.2 Å². The molecule has 29 heavy (non-hydrogen) atoms. The van der Waals surface area contributed by atoms with Crippen LogP contribution in [0.1, 0.15) is 38.8 Å². The maximum Gasteiger partial charge on any atom is 0.119 e. The van der Waals surface area contributed by atoms with Crippen molar-refractivity contribution in [1.82, 2.24) is 0 Å². The average molecular weight is 425 g/mol. The Morgan fingerprint density at radius 1 is 0.793 bits per heavy atom. The lowest BCUT2D eigenvalue weighted by atomic mass is 9.78. The molecule has 0 aliphatic rings. The van der Waals surface area contributed by atoms with E-state index in [0.29, 0.717) is 11.5 Å². The van der Waals surface area contributed by atoms with Crippen LogP contribution in [0.5, 0.6) is 11.5 Å². The predicted molar refractivity (Wildman–Crippen MR) is 117 cm³/mol. The van der Waals surface area contributed by atoms with E-state index in [0.717, 1.165) is 11.1 Å². The van der Waals surface area contributed by atoms with Crippen molar-refractivity contribution in [2.45, 2.75) is 45.3 Å². The summed E-state index contributed by atoms with van der Waals surface area (Å²) in [5, 5.41) is 27.6. The molecule has 0 aromatic heterocycles. The Morgan fingerprint density at radius 2 is 1.17 bits per heavy atom. The van der Waals surface area contributed by atoms with Gasteiger partial charge >= 0.3 is 0 Å². The minimum atomic E-state index is -0.882. The molecule has 2 aromatic carbocycles. The molecular formula is C23H33ClO5. The lowest BCUT2D eigenvalue weighted by Gasteiger charge is -2.26. The number of alkyl halides is 1. The normalized spacial score (nSPS) is 13.1. The third-order valence-corrected chi connectivity index (χ3v) is 4.78. The number of aliphatic hydroxyl groups is 3. The maximum absolute atomic E-state index is 9.46. The molecule has 2 rings (SSSR count). The van der Waals surface area contributed by atoms with Crippen LogP contribution in [-0.4, -0.2) is 53.2 Å². The number of hydrogen-bond donors (Lipinski definition) is 3. The molecule has 162 valence electrons. The highest BCUT2D eigenvalue weighted by Gasteiger charge is 2.23. The van der Waals surface area contributed by atoms with Crippen molar-refractivity contribution in [3.63, 3.8) is 0 Å². The van der Waals surface area contributed by atoms with Gasteiger partial charge in [0, 0.05) is 5.41 Å². The second kappa shape index (κ2) is 12.7. The molecule has 2 unspecified atom stereocenters. The Morgan fingerprint density at radius 3 is 1.52 bits per heavy atom. The van der Waals surface area contributed by atoms with Crippen LogP contribution in [0.25, 0.3) is 0 Å². The molecule has 2 atom stereocenters. The molecule has 0 amide bonds. The summed E-state index contributed by atoms with van der Waals surface area (Å²) in [5.41, 5.74) is 2.01. The molecule has 0 radical (unpaired) electrons. The zero-order chi connectivity index (χ0) is 21.9. The number of halogens is 1. The van der Waals surface area contributed by atoms with E-state index in [-0.39, 0.29) is 31.1 Å². The van der Waals surface area contributed by atoms with Crippen molar-refractivity contribution in [1.29, 1.82) is 0 Å². The maximum atomic E-state index is 9.46. The first-order valence-corrected chi connectivity index (χ1v) is 10.4. The van der Waals surface area contributed by atoms with E-state index in [1.54, 1.807) is 0 Å². The van der Waals surface area contributed by atoms with Crippen LogP contribution in [0.4, 0.5) is 0 Å². The van der Waals surface area contributed by atoms with Gasteiger partial charge in [0.15, 0.2) is 0 Å². The number of aliphatic hydroxyl groups excluding tert-OH is 3. The Labute approximate surface area is 178 Å². The molecule has 0 bridgehead atoms. The Bertz CT molecular complexity index is 626. The zero-order valence-electron chi connectivity index (χ0n) is 17.6. The fourth-order valence-corrected chi connectivity index (χ4v) is 2.67. The van der Waals surface area contributed by atoms with E-state index >= 15 is 0 Å². The second-order valence-electron chi connectivity index (χ2n) is 6.94. The molecule has 6 heteroatoms. The first kappa shape index (κ1) is 25.2. The Kier molecular flexibility index (Phi) is 11.1. The summed E-state index contributed by atoms with van der Waals surface area (Å²) in [4.78, 5) is 0. The van der Waals surface area contributed by atoms with Crippen molar-refractivity contribution < 1.29 is 24.8 Å². The lowest BCUT2D eigenvalue weighted by molar-refractivity contribution is 0.0536. The van der Waals surface area contributed by atoms with E-state index < -0.39 is 12.2 Å². The zero-order valence-corrected chi connectivity index (χ0v) is 18.4. The first-order valence-electron chi connectivity index (χ1n) is 9.86. The molecule has 0 fully saturated rings. The molecular weight excluding hydrogens is 392 g/mol. The van der Waals surface area contributed by atoms with Crippen LogP contribution in [0.2, 0.25) is 0 Å². The van der Waals surface area contributed by atoms with Gasteiger partial charge in [-0.25, -0.2) is 0 Å². The molecule has 0 saturated heterocycles. The standard InChI is InChI=1S/C21H27ClO5.C2H6/c1-21(2,15-3-7-19(8-4-15)26-13-17(24)11-22)16-5-9-20(10-6-16)27-14-18(25)12-23;1-2/h3-10,17-18,23-25H,11-14H2,1-2H3;1-2H3. The summed E-state index contributed by atoms with van der Waals surface area (Å²) in [6.45, 7) is 8.16. The number of benzene rings is 2.